The Hall–Kier alpha value is -2.06. The van der Waals surface area contributed by atoms with Crippen LogP contribution in [0.5, 0.6) is 0 Å². The Kier molecular flexibility index (Phi) is 5.14. The summed E-state index contributed by atoms with van der Waals surface area (Å²) in [6, 6.07) is 3.75. The molecule has 0 aliphatic carbocycles. The number of nitrogens with zero attached hydrogens (tertiary/aromatic N) is 2. The number of thiophene rings is 1. The molecule has 1 fully saturated rings. The number of hydrogen-bond acceptors (Lipinski definition) is 6. The molecule has 2 aromatic heterocycles. The maximum Gasteiger partial charge on any atom is 0.273 e. The monoisotopic (exact) mass is 334 g/mol. The van der Waals surface area contributed by atoms with Crippen molar-refractivity contribution in [3.63, 3.8) is 0 Å². The molecule has 1 aliphatic rings. The fourth-order valence-corrected chi connectivity index (χ4v) is 3.07. The van der Waals surface area contributed by atoms with Crippen molar-refractivity contribution in [1.29, 1.82) is 0 Å². The van der Waals surface area contributed by atoms with Gasteiger partial charge in [0, 0.05) is 26.0 Å². The number of amides is 1. The van der Waals surface area contributed by atoms with E-state index in [4.69, 9.17) is 4.74 Å². The van der Waals surface area contributed by atoms with Crippen LogP contribution in [0.15, 0.2) is 22.3 Å². The molecule has 2 aromatic rings. The molecular formula is C15H18N4O3S. The van der Waals surface area contributed by atoms with Gasteiger partial charge in [0.25, 0.3) is 5.56 Å². The molecule has 0 saturated carbocycles. The lowest BCUT2D eigenvalue weighted by Crippen LogP contribution is -2.32. The second-order valence-electron chi connectivity index (χ2n) is 5.37. The third kappa shape index (κ3) is 4.23. The number of aromatic nitrogens is 3. The van der Waals surface area contributed by atoms with Crippen LogP contribution in [0.2, 0.25) is 0 Å². The quantitative estimate of drug-likeness (QED) is 0.825. The third-order valence-electron chi connectivity index (χ3n) is 3.66. The molecule has 1 amide bonds. The van der Waals surface area contributed by atoms with Crippen molar-refractivity contribution >= 4 is 17.2 Å². The molecule has 3 heterocycles. The summed E-state index contributed by atoms with van der Waals surface area (Å²) in [6.45, 7) is 1.29. The van der Waals surface area contributed by atoms with E-state index in [1.807, 2.05) is 17.5 Å². The first-order valence-electron chi connectivity index (χ1n) is 7.60. The van der Waals surface area contributed by atoms with Gasteiger partial charge in [-0.2, -0.15) is 0 Å². The molecule has 8 heteroatoms. The standard InChI is InChI=1S/C15H18N4O3S/c20-13(16-9-10-3-1-7-22-10)6-5-11-15(21)17-14(19-18-11)12-4-2-8-23-12/h2,4,8,10H,1,3,5-7,9H2,(H,16,20)(H,17,19,21)/t10-/m1/s1. The summed E-state index contributed by atoms with van der Waals surface area (Å²) >= 11 is 1.48. The van der Waals surface area contributed by atoms with Crippen LogP contribution >= 0.6 is 11.3 Å². The van der Waals surface area contributed by atoms with Gasteiger partial charge in [-0.3, -0.25) is 9.59 Å². The number of aryl methyl sites for hydroxylation is 1. The second kappa shape index (κ2) is 7.47. The van der Waals surface area contributed by atoms with E-state index in [0.717, 1.165) is 24.3 Å². The minimum atomic E-state index is -0.296. The van der Waals surface area contributed by atoms with Crippen LogP contribution in [0.25, 0.3) is 10.7 Å². The molecule has 122 valence electrons. The largest absolute Gasteiger partial charge is 0.376 e. The van der Waals surface area contributed by atoms with E-state index in [1.165, 1.54) is 11.3 Å². The van der Waals surface area contributed by atoms with Gasteiger partial charge in [0.2, 0.25) is 5.91 Å². The zero-order valence-electron chi connectivity index (χ0n) is 12.6. The molecule has 1 aliphatic heterocycles. The molecule has 7 nitrogen and oxygen atoms in total. The summed E-state index contributed by atoms with van der Waals surface area (Å²) < 4.78 is 5.44. The van der Waals surface area contributed by atoms with Crippen molar-refractivity contribution in [3.05, 3.63) is 33.6 Å². The average molecular weight is 334 g/mol. The lowest BCUT2D eigenvalue weighted by atomic mass is 10.2. The van der Waals surface area contributed by atoms with Gasteiger partial charge in [-0.25, -0.2) is 0 Å². The molecule has 0 unspecified atom stereocenters. The minimum Gasteiger partial charge on any atom is -0.376 e. The van der Waals surface area contributed by atoms with Gasteiger partial charge in [0.15, 0.2) is 5.82 Å². The molecule has 1 atom stereocenters. The van der Waals surface area contributed by atoms with E-state index < -0.39 is 0 Å². The van der Waals surface area contributed by atoms with Crippen molar-refractivity contribution in [2.24, 2.45) is 0 Å². The predicted octanol–water partition coefficient (Wildman–Crippen LogP) is 1.12. The Bertz CT molecular complexity index is 708. The van der Waals surface area contributed by atoms with Crippen molar-refractivity contribution in [1.82, 2.24) is 20.5 Å². The fourth-order valence-electron chi connectivity index (χ4n) is 2.40. The minimum absolute atomic E-state index is 0.107. The number of nitrogens with one attached hydrogen (secondary N) is 2. The normalized spacial score (nSPS) is 17.3. The molecule has 1 saturated heterocycles. The third-order valence-corrected chi connectivity index (χ3v) is 4.54. The van der Waals surface area contributed by atoms with Crippen molar-refractivity contribution < 1.29 is 9.53 Å². The highest BCUT2D eigenvalue weighted by molar-refractivity contribution is 7.13. The summed E-state index contributed by atoms with van der Waals surface area (Å²) in [6.07, 6.45) is 2.62. The lowest BCUT2D eigenvalue weighted by Gasteiger charge is -2.10. The zero-order chi connectivity index (χ0) is 16.1. The highest BCUT2D eigenvalue weighted by Crippen LogP contribution is 2.18. The first kappa shape index (κ1) is 15.8. The Balaban J connectivity index is 1.51. The lowest BCUT2D eigenvalue weighted by molar-refractivity contribution is -0.121. The first-order chi connectivity index (χ1) is 11.2. The Morgan fingerprint density at radius 1 is 1.48 bits per heavy atom. The number of hydrogen-bond donors (Lipinski definition) is 2. The molecular weight excluding hydrogens is 316 g/mol. The van der Waals surface area contributed by atoms with Crippen LogP contribution < -0.4 is 10.9 Å². The number of aromatic amines is 1. The summed E-state index contributed by atoms with van der Waals surface area (Å²) in [5.41, 5.74) is -0.0205. The number of ether oxygens (including phenoxy) is 1. The van der Waals surface area contributed by atoms with Crippen LogP contribution in [-0.4, -0.2) is 40.3 Å². The van der Waals surface area contributed by atoms with Gasteiger partial charge in [-0.1, -0.05) is 6.07 Å². The van der Waals surface area contributed by atoms with Crippen molar-refractivity contribution in [3.8, 4) is 10.7 Å². The van der Waals surface area contributed by atoms with Gasteiger partial charge in [-0.05, 0) is 24.3 Å². The van der Waals surface area contributed by atoms with Gasteiger partial charge in [0.1, 0.15) is 5.69 Å². The smallest absolute Gasteiger partial charge is 0.273 e. The maximum absolute atomic E-state index is 12.0. The number of carbonyl (C=O) groups excluding carboxylic acids is 1. The average Bonchev–Trinajstić information content (AvgIpc) is 3.25. The number of rotatable bonds is 6. The highest BCUT2D eigenvalue weighted by Gasteiger charge is 2.16. The highest BCUT2D eigenvalue weighted by atomic mass is 32.1. The fraction of sp³-hybridized carbons (Fsp3) is 0.467. The van der Waals surface area contributed by atoms with Crippen molar-refractivity contribution in [2.75, 3.05) is 13.2 Å². The van der Waals surface area contributed by atoms with Crippen LogP contribution in [0.3, 0.4) is 0 Å². The molecule has 0 bridgehead atoms. The molecule has 0 radical (unpaired) electrons. The summed E-state index contributed by atoms with van der Waals surface area (Å²) in [5.74, 6) is 0.348. The van der Waals surface area contributed by atoms with Gasteiger partial charge in [-0.15, -0.1) is 21.5 Å². The molecule has 0 spiro atoms. The zero-order valence-corrected chi connectivity index (χ0v) is 13.4. The van der Waals surface area contributed by atoms with E-state index in [9.17, 15) is 9.59 Å². The molecule has 23 heavy (non-hydrogen) atoms. The Morgan fingerprint density at radius 2 is 2.39 bits per heavy atom. The SMILES string of the molecule is O=C(CCc1nnc(-c2cccs2)[nH]c1=O)NC[C@H]1CCCO1. The Morgan fingerprint density at radius 3 is 3.09 bits per heavy atom. The van der Waals surface area contributed by atoms with E-state index in [0.29, 0.717) is 12.4 Å². The summed E-state index contributed by atoms with van der Waals surface area (Å²) in [4.78, 5) is 27.4. The second-order valence-corrected chi connectivity index (χ2v) is 6.31. The van der Waals surface area contributed by atoms with Gasteiger partial charge < -0.3 is 15.0 Å². The topological polar surface area (TPSA) is 97.0 Å². The summed E-state index contributed by atoms with van der Waals surface area (Å²) in [5, 5.41) is 12.7. The van der Waals surface area contributed by atoms with E-state index in [1.54, 1.807) is 0 Å². The maximum atomic E-state index is 12.0. The van der Waals surface area contributed by atoms with E-state index >= 15 is 0 Å². The van der Waals surface area contributed by atoms with Gasteiger partial charge in [0.05, 0.1) is 11.0 Å². The number of carbonyl (C=O) groups is 1. The van der Waals surface area contributed by atoms with E-state index in [2.05, 4.69) is 20.5 Å². The molecule has 0 aromatic carbocycles. The molecule has 2 N–H and O–H groups in total. The predicted molar refractivity (Wildman–Crippen MR) is 86.3 cm³/mol. The summed E-state index contributed by atoms with van der Waals surface area (Å²) in [7, 11) is 0. The van der Waals surface area contributed by atoms with Crippen LogP contribution in [0.4, 0.5) is 0 Å². The van der Waals surface area contributed by atoms with Crippen molar-refractivity contribution in [2.45, 2.75) is 31.8 Å². The number of H-pyrrole nitrogens is 1. The van der Waals surface area contributed by atoms with Crippen LogP contribution in [-0.2, 0) is 16.0 Å². The van der Waals surface area contributed by atoms with Crippen LogP contribution in [0.1, 0.15) is 25.0 Å². The molecule has 3 rings (SSSR count). The first-order valence-corrected chi connectivity index (χ1v) is 8.48. The van der Waals surface area contributed by atoms with Crippen LogP contribution in [0, 0.1) is 0 Å². The van der Waals surface area contributed by atoms with Gasteiger partial charge >= 0.3 is 0 Å². The van der Waals surface area contributed by atoms with E-state index in [-0.39, 0.29) is 36.1 Å². The Labute approximate surface area is 137 Å².